The first-order valence-corrected chi connectivity index (χ1v) is 7.26. The number of rotatable bonds is 3. The SMILES string of the molecule is CCc1ccc(CC2NCCc3ccccc32)cc1. The van der Waals surface area contributed by atoms with Gasteiger partial charge in [0.25, 0.3) is 0 Å². The summed E-state index contributed by atoms with van der Waals surface area (Å²) in [7, 11) is 0. The summed E-state index contributed by atoms with van der Waals surface area (Å²) in [5.74, 6) is 0. The Kier molecular flexibility index (Phi) is 3.65. The van der Waals surface area contributed by atoms with Gasteiger partial charge in [-0.2, -0.15) is 0 Å². The number of fused-ring (bicyclic) bond motifs is 1. The average molecular weight is 251 g/mol. The zero-order chi connectivity index (χ0) is 13.1. The Bertz CT molecular complexity index is 542. The van der Waals surface area contributed by atoms with E-state index in [9.17, 15) is 0 Å². The van der Waals surface area contributed by atoms with Gasteiger partial charge >= 0.3 is 0 Å². The first-order valence-electron chi connectivity index (χ1n) is 7.26. The third-order valence-corrected chi connectivity index (χ3v) is 4.09. The Labute approximate surface area is 115 Å². The Balaban J connectivity index is 1.80. The molecule has 0 radical (unpaired) electrons. The van der Waals surface area contributed by atoms with Crippen molar-refractivity contribution in [1.82, 2.24) is 5.32 Å². The van der Waals surface area contributed by atoms with E-state index in [4.69, 9.17) is 0 Å². The van der Waals surface area contributed by atoms with E-state index in [0.717, 1.165) is 25.8 Å². The fourth-order valence-electron chi connectivity index (χ4n) is 2.92. The van der Waals surface area contributed by atoms with Crippen molar-refractivity contribution in [3.63, 3.8) is 0 Å². The second-order valence-corrected chi connectivity index (χ2v) is 5.33. The van der Waals surface area contributed by atoms with Crippen molar-refractivity contribution in [2.24, 2.45) is 0 Å². The Morgan fingerprint density at radius 1 is 1.00 bits per heavy atom. The largest absolute Gasteiger partial charge is 0.309 e. The number of hydrogen-bond acceptors (Lipinski definition) is 1. The fraction of sp³-hybridized carbons (Fsp3) is 0.333. The van der Waals surface area contributed by atoms with Crippen LogP contribution < -0.4 is 5.32 Å². The average Bonchev–Trinajstić information content (AvgIpc) is 2.48. The summed E-state index contributed by atoms with van der Waals surface area (Å²) in [6.45, 7) is 3.29. The number of nitrogens with one attached hydrogen (secondary N) is 1. The zero-order valence-corrected chi connectivity index (χ0v) is 11.5. The molecule has 19 heavy (non-hydrogen) atoms. The van der Waals surface area contributed by atoms with Gasteiger partial charge in [0.15, 0.2) is 0 Å². The Morgan fingerprint density at radius 2 is 1.74 bits per heavy atom. The van der Waals surface area contributed by atoms with Gasteiger partial charge in [-0.15, -0.1) is 0 Å². The number of aryl methyl sites for hydroxylation is 1. The van der Waals surface area contributed by atoms with Crippen LogP contribution >= 0.6 is 0 Å². The van der Waals surface area contributed by atoms with Crippen LogP contribution in [0.4, 0.5) is 0 Å². The second kappa shape index (κ2) is 5.58. The molecular formula is C18H21N. The van der Waals surface area contributed by atoms with Gasteiger partial charge in [-0.05, 0) is 48.1 Å². The minimum atomic E-state index is 0.470. The van der Waals surface area contributed by atoms with Crippen LogP contribution in [0.5, 0.6) is 0 Å². The molecule has 0 bridgehead atoms. The highest BCUT2D eigenvalue weighted by molar-refractivity contribution is 5.34. The molecule has 1 N–H and O–H groups in total. The fourth-order valence-corrected chi connectivity index (χ4v) is 2.92. The number of hydrogen-bond donors (Lipinski definition) is 1. The third-order valence-electron chi connectivity index (χ3n) is 4.09. The highest BCUT2D eigenvalue weighted by atomic mass is 14.9. The minimum absolute atomic E-state index is 0.470. The second-order valence-electron chi connectivity index (χ2n) is 5.33. The van der Waals surface area contributed by atoms with Gasteiger partial charge in [0, 0.05) is 6.04 Å². The maximum absolute atomic E-state index is 3.65. The summed E-state index contributed by atoms with van der Waals surface area (Å²) in [5.41, 5.74) is 5.83. The molecule has 1 heterocycles. The lowest BCUT2D eigenvalue weighted by Gasteiger charge is -2.27. The summed E-state index contributed by atoms with van der Waals surface area (Å²) < 4.78 is 0. The predicted molar refractivity (Wildman–Crippen MR) is 80.4 cm³/mol. The molecule has 0 spiro atoms. The molecule has 0 fully saturated rings. The summed E-state index contributed by atoms with van der Waals surface area (Å²) >= 11 is 0. The van der Waals surface area contributed by atoms with E-state index in [-0.39, 0.29) is 0 Å². The molecule has 1 unspecified atom stereocenters. The monoisotopic (exact) mass is 251 g/mol. The normalized spacial score (nSPS) is 18.1. The van der Waals surface area contributed by atoms with Gasteiger partial charge in [0.2, 0.25) is 0 Å². The summed E-state index contributed by atoms with van der Waals surface area (Å²) in [6.07, 6.45) is 3.35. The maximum atomic E-state index is 3.65. The van der Waals surface area contributed by atoms with Crippen molar-refractivity contribution < 1.29 is 0 Å². The van der Waals surface area contributed by atoms with Gasteiger partial charge in [-0.3, -0.25) is 0 Å². The van der Waals surface area contributed by atoms with Crippen molar-refractivity contribution in [3.8, 4) is 0 Å². The molecule has 0 aromatic heterocycles. The molecule has 98 valence electrons. The third kappa shape index (κ3) is 2.71. The maximum Gasteiger partial charge on any atom is 0.0363 e. The van der Waals surface area contributed by atoms with E-state index in [1.54, 1.807) is 0 Å². The first kappa shape index (κ1) is 12.4. The zero-order valence-electron chi connectivity index (χ0n) is 11.5. The van der Waals surface area contributed by atoms with Crippen molar-refractivity contribution >= 4 is 0 Å². The van der Waals surface area contributed by atoms with Crippen LogP contribution in [0.15, 0.2) is 48.5 Å². The predicted octanol–water partition coefficient (Wildman–Crippen LogP) is 3.68. The van der Waals surface area contributed by atoms with Crippen LogP contribution in [-0.4, -0.2) is 6.54 Å². The molecule has 0 saturated heterocycles. The molecule has 1 aliphatic rings. The van der Waals surface area contributed by atoms with Crippen LogP contribution in [0.1, 0.15) is 35.2 Å². The molecule has 3 rings (SSSR count). The summed E-state index contributed by atoms with van der Waals surface area (Å²) in [6, 6.07) is 18.4. The molecule has 0 aliphatic carbocycles. The van der Waals surface area contributed by atoms with Gasteiger partial charge in [0.05, 0.1) is 0 Å². The lowest BCUT2D eigenvalue weighted by molar-refractivity contribution is 0.502. The van der Waals surface area contributed by atoms with Gasteiger partial charge in [-0.1, -0.05) is 55.5 Å². The van der Waals surface area contributed by atoms with E-state index in [1.807, 2.05) is 0 Å². The molecule has 2 aromatic carbocycles. The topological polar surface area (TPSA) is 12.0 Å². The smallest absolute Gasteiger partial charge is 0.0363 e. The van der Waals surface area contributed by atoms with Crippen LogP contribution in [0.25, 0.3) is 0 Å². The molecule has 0 amide bonds. The molecule has 1 heteroatoms. The summed E-state index contributed by atoms with van der Waals surface area (Å²) in [5, 5.41) is 3.65. The van der Waals surface area contributed by atoms with Crippen LogP contribution in [0, 0.1) is 0 Å². The van der Waals surface area contributed by atoms with Gasteiger partial charge in [0.1, 0.15) is 0 Å². The first-order chi connectivity index (χ1) is 9.36. The Hall–Kier alpha value is -1.60. The van der Waals surface area contributed by atoms with E-state index >= 15 is 0 Å². The minimum Gasteiger partial charge on any atom is -0.309 e. The van der Waals surface area contributed by atoms with Crippen molar-refractivity contribution in [3.05, 3.63) is 70.8 Å². The van der Waals surface area contributed by atoms with Gasteiger partial charge < -0.3 is 5.32 Å². The van der Waals surface area contributed by atoms with E-state index < -0.39 is 0 Å². The van der Waals surface area contributed by atoms with Crippen molar-refractivity contribution in [1.29, 1.82) is 0 Å². The molecule has 1 atom stereocenters. The lowest BCUT2D eigenvalue weighted by Crippen LogP contribution is -2.31. The highest BCUT2D eigenvalue weighted by Crippen LogP contribution is 2.25. The molecule has 1 aliphatic heterocycles. The van der Waals surface area contributed by atoms with E-state index in [2.05, 4.69) is 60.8 Å². The Morgan fingerprint density at radius 3 is 2.53 bits per heavy atom. The highest BCUT2D eigenvalue weighted by Gasteiger charge is 2.18. The molecular weight excluding hydrogens is 230 g/mol. The summed E-state index contributed by atoms with van der Waals surface area (Å²) in [4.78, 5) is 0. The van der Waals surface area contributed by atoms with Crippen LogP contribution in [0.3, 0.4) is 0 Å². The van der Waals surface area contributed by atoms with Gasteiger partial charge in [-0.25, -0.2) is 0 Å². The van der Waals surface area contributed by atoms with Crippen LogP contribution in [0.2, 0.25) is 0 Å². The standard InChI is InChI=1S/C18H21N/c1-2-14-7-9-15(10-8-14)13-18-17-6-4-3-5-16(17)11-12-19-18/h3-10,18-19H,2,11-13H2,1H3. The quantitative estimate of drug-likeness (QED) is 0.877. The van der Waals surface area contributed by atoms with Crippen LogP contribution in [-0.2, 0) is 19.3 Å². The van der Waals surface area contributed by atoms with E-state index in [1.165, 1.54) is 22.3 Å². The molecule has 0 saturated carbocycles. The molecule has 2 aromatic rings. The van der Waals surface area contributed by atoms with E-state index in [0.29, 0.717) is 6.04 Å². The lowest BCUT2D eigenvalue weighted by atomic mass is 9.90. The number of benzene rings is 2. The van der Waals surface area contributed by atoms with Crippen molar-refractivity contribution in [2.45, 2.75) is 32.2 Å². The molecule has 1 nitrogen and oxygen atoms in total. The van der Waals surface area contributed by atoms with Crippen molar-refractivity contribution in [2.75, 3.05) is 6.54 Å².